The first kappa shape index (κ1) is 14.2. The van der Waals surface area contributed by atoms with Crippen LogP contribution in [-0.2, 0) is 6.54 Å². The van der Waals surface area contributed by atoms with Crippen LogP contribution in [-0.4, -0.2) is 42.5 Å². The van der Waals surface area contributed by atoms with E-state index in [1.165, 1.54) is 44.5 Å². The summed E-state index contributed by atoms with van der Waals surface area (Å²) in [6, 6.07) is 6.82. The van der Waals surface area contributed by atoms with E-state index in [0.717, 1.165) is 18.5 Å². The Kier molecular flexibility index (Phi) is 4.20. The number of benzene rings is 1. The molecule has 2 fully saturated rings. The van der Waals surface area contributed by atoms with Crippen molar-refractivity contribution >= 4 is 17.3 Å². The van der Waals surface area contributed by atoms with Crippen molar-refractivity contribution in [1.29, 1.82) is 0 Å². The first-order valence-electron chi connectivity index (χ1n) is 7.60. The molecule has 2 saturated heterocycles. The van der Waals surface area contributed by atoms with E-state index in [1.807, 2.05) is 12.1 Å². The van der Waals surface area contributed by atoms with Crippen LogP contribution in [0, 0.1) is 5.92 Å². The summed E-state index contributed by atoms with van der Waals surface area (Å²) in [4.78, 5) is 5.13. The number of anilines is 1. The Morgan fingerprint density at radius 2 is 2.15 bits per heavy atom. The normalized spacial score (nSPS) is 28.3. The van der Waals surface area contributed by atoms with Gasteiger partial charge in [0.2, 0.25) is 0 Å². The smallest absolute Gasteiger partial charge is 0.0635 e. The molecule has 2 unspecified atom stereocenters. The van der Waals surface area contributed by atoms with Crippen molar-refractivity contribution in [2.75, 3.05) is 32.4 Å². The summed E-state index contributed by atoms with van der Waals surface area (Å²) in [5, 5.41) is 0.654. The molecule has 2 heterocycles. The zero-order valence-corrected chi connectivity index (χ0v) is 12.9. The molecule has 0 aromatic heterocycles. The molecule has 0 spiro atoms. The molecule has 2 N–H and O–H groups in total. The second-order valence-electron chi connectivity index (χ2n) is 6.33. The summed E-state index contributed by atoms with van der Waals surface area (Å²) in [5.41, 5.74) is 7.86. The van der Waals surface area contributed by atoms with E-state index in [-0.39, 0.29) is 0 Å². The van der Waals surface area contributed by atoms with Crippen LogP contribution in [0.2, 0.25) is 5.02 Å². The average Bonchev–Trinajstić information content (AvgIpc) is 2.43. The number of hydrogen-bond donors (Lipinski definition) is 1. The first-order valence-corrected chi connectivity index (χ1v) is 7.98. The molecule has 1 aromatic rings. The summed E-state index contributed by atoms with van der Waals surface area (Å²) in [7, 11) is 2.28. The van der Waals surface area contributed by atoms with Gasteiger partial charge in [-0.25, -0.2) is 0 Å². The summed E-state index contributed by atoms with van der Waals surface area (Å²) in [6.45, 7) is 4.68. The molecule has 0 bridgehead atoms. The lowest BCUT2D eigenvalue weighted by Gasteiger charge is -2.46. The fourth-order valence-corrected chi connectivity index (χ4v) is 3.94. The third-order valence-corrected chi connectivity index (χ3v) is 5.24. The van der Waals surface area contributed by atoms with Gasteiger partial charge in [-0.1, -0.05) is 17.7 Å². The quantitative estimate of drug-likeness (QED) is 0.851. The van der Waals surface area contributed by atoms with Crippen molar-refractivity contribution in [1.82, 2.24) is 9.80 Å². The Bertz CT molecular complexity index is 477. The second-order valence-corrected chi connectivity index (χ2v) is 6.74. The number of fused-ring (bicyclic) bond motifs is 1. The Hall–Kier alpha value is -0.770. The van der Waals surface area contributed by atoms with Crippen molar-refractivity contribution in [2.45, 2.75) is 31.8 Å². The Morgan fingerprint density at radius 1 is 1.30 bits per heavy atom. The minimum absolute atomic E-state index is 0.654. The van der Waals surface area contributed by atoms with E-state index in [1.54, 1.807) is 0 Å². The maximum Gasteiger partial charge on any atom is 0.0635 e. The second kappa shape index (κ2) is 5.92. The highest BCUT2D eigenvalue weighted by Crippen LogP contribution is 2.30. The van der Waals surface area contributed by atoms with E-state index in [0.29, 0.717) is 10.7 Å². The van der Waals surface area contributed by atoms with Crippen LogP contribution in [0.1, 0.15) is 24.8 Å². The summed E-state index contributed by atoms with van der Waals surface area (Å²) >= 11 is 5.99. The number of halogens is 1. The SMILES string of the molecule is CN1CCCC2CN(Cc3ccc(Cl)c(N)c3)CCC21. The van der Waals surface area contributed by atoms with Crippen LogP contribution in [0.5, 0.6) is 0 Å². The van der Waals surface area contributed by atoms with E-state index in [4.69, 9.17) is 17.3 Å². The van der Waals surface area contributed by atoms with Crippen LogP contribution in [0.25, 0.3) is 0 Å². The molecule has 3 rings (SSSR count). The maximum absolute atomic E-state index is 5.99. The number of nitrogens with zero attached hydrogens (tertiary/aromatic N) is 2. The average molecular weight is 294 g/mol. The molecule has 1 aromatic carbocycles. The van der Waals surface area contributed by atoms with Crippen molar-refractivity contribution in [2.24, 2.45) is 5.92 Å². The van der Waals surface area contributed by atoms with Crippen LogP contribution in [0.4, 0.5) is 5.69 Å². The van der Waals surface area contributed by atoms with Crippen molar-refractivity contribution in [3.8, 4) is 0 Å². The lowest BCUT2D eigenvalue weighted by atomic mass is 9.84. The van der Waals surface area contributed by atoms with Crippen LogP contribution < -0.4 is 5.73 Å². The number of piperidine rings is 2. The van der Waals surface area contributed by atoms with Crippen molar-refractivity contribution < 1.29 is 0 Å². The third kappa shape index (κ3) is 2.95. The van der Waals surface area contributed by atoms with E-state index < -0.39 is 0 Å². The molecule has 20 heavy (non-hydrogen) atoms. The Balaban J connectivity index is 1.63. The lowest BCUT2D eigenvalue weighted by Crippen LogP contribution is -2.52. The van der Waals surface area contributed by atoms with Gasteiger partial charge in [-0.15, -0.1) is 0 Å². The van der Waals surface area contributed by atoms with Gasteiger partial charge in [-0.2, -0.15) is 0 Å². The number of nitrogens with two attached hydrogens (primary N) is 1. The van der Waals surface area contributed by atoms with E-state index in [2.05, 4.69) is 22.9 Å². The van der Waals surface area contributed by atoms with Gasteiger partial charge in [0.05, 0.1) is 10.7 Å². The van der Waals surface area contributed by atoms with Gasteiger partial charge in [0.15, 0.2) is 0 Å². The molecular weight excluding hydrogens is 270 g/mol. The fraction of sp³-hybridized carbons (Fsp3) is 0.625. The molecule has 110 valence electrons. The zero-order chi connectivity index (χ0) is 14.1. The molecular formula is C16H24ClN3. The van der Waals surface area contributed by atoms with Gasteiger partial charge in [0.25, 0.3) is 0 Å². The highest BCUT2D eigenvalue weighted by molar-refractivity contribution is 6.33. The summed E-state index contributed by atoms with van der Waals surface area (Å²) in [6.07, 6.45) is 4.03. The molecule has 0 saturated carbocycles. The monoisotopic (exact) mass is 293 g/mol. The molecule has 0 aliphatic carbocycles. The molecule has 3 nitrogen and oxygen atoms in total. The minimum Gasteiger partial charge on any atom is -0.398 e. The van der Waals surface area contributed by atoms with Gasteiger partial charge in [0, 0.05) is 19.1 Å². The topological polar surface area (TPSA) is 32.5 Å². The molecule has 2 aliphatic heterocycles. The van der Waals surface area contributed by atoms with Gasteiger partial charge >= 0.3 is 0 Å². The first-order chi connectivity index (χ1) is 9.63. The van der Waals surface area contributed by atoms with E-state index >= 15 is 0 Å². The largest absolute Gasteiger partial charge is 0.398 e. The zero-order valence-electron chi connectivity index (χ0n) is 12.2. The predicted octanol–water partition coefficient (Wildman–Crippen LogP) is 2.84. The van der Waals surface area contributed by atoms with Crippen molar-refractivity contribution in [3.63, 3.8) is 0 Å². The van der Waals surface area contributed by atoms with Gasteiger partial charge in [0.1, 0.15) is 0 Å². The third-order valence-electron chi connectivity index (χ3n) is 4.90. The lowest BCUT2D eigenvalue weighted by molar-refractivity contribution is 0.0355. The molecule has 2 aliphatic rings. The van der Waals surface area contributed by atoms with E-state index in [9.17, 15) is 0 Å². The predicted molar refractivity (Wildman–Crippen MR) is 84.9 cm³/mol. The van der Waals surface area contributed by atoms with Gasteiger partial charge < -0.3 is 10.6 Å². The Morgan fingerprint density at radius 3 is 2.95 bits per heavy atom. The molecule has 0 radical (unpaired) electrons. The van der Waals surface area contributed by atoms with Crippen molar-refractivity contribution in [3.05, 3.63) is 28.8 Å². The van der Waals surface area contributed by atoms with Gasteiger partial charge in [-0.05, 0) is 63.0 Å². The fourth-order valence-electron chi connectivity index (χ4n) is 3.82. The molecule has 2 atom stereocenters. The molecule has 0 amide bonds. The number of hydrogen-bond acceptors (Lipinski definition) is 3. The number of likely N-dealkylation sites (tertiary alicyclic amines) is 2. The van der Waals surface area contributed by atoms with Gasteiger partial charge in [-0.3, -0.25) is 4.90 Å². The van der Waals surface area contributed by atoms with Crippen LogP contribution in [0.3, 0.4) is 0 Å². The minimum atomic E-state index is 0.654. The van der Waals surface area contributed by atoms with Crippen LogP contribution >= 0.6 is 11.6 Å². The molecule has 4 heteroatoms. The standard InChI is InChI=1S/C16H24ClN3/c1-19-7-2-3-13-11-20(8-6-16(13)19)10-12-4-5-14(17)15(18)9-12/h4-5,9,13,16H,2-3,6-8,10-11,18H2,1H3. The highest BCUT2D eigenvalue weighted by atomic mass is 35.5. The Labute approximate surface area is 126 Å². The summed E-state index contributed by atoms with van der Waals surface area (Å²) < 4.78 is 0. The summed E-state index contributed by atoms with van der Waals surface area (Å²) in [5.74, 6) is 0.840. The highest BCUT2D eigenvalue weighted by Gasteiger charge is 2.33. The number of rotatable bonds is 2. The maximum atomic E-state index is 5.99. The number of nitrogen functional groups attached to an aromatic ring is 1. The van der Waals surface area contributed by atoms with Crippen LogP contribution in [0.15, 0.2) is 18.2 Å².